The first kappa shape index (κ1) is 19.7. The molecule has 2 aromatic carbocycles. The smallest absolute Gasteiger partial charge is 0.237 e. The van der Waals surface area contributed by atoms with Crippen LogP contribution < -0.4 is 10.6 Å². The molecule has 2 N–H and O–H groups in total. The van der Waals surface area contributed by atoms with Crippen molar-refractivity contribution in [2.24, 2.45) is 0 Å². The molecule has 1 aliphatic heterocycles. The van der Waals surface area contributed by atoms with Crippen LogP contribution in [0.25, 0.3) is 15.7 Å². The Kier molecular flexibility index (Phi) is 5.40. The van der Waals surface area contributed by atoms with Crippen LogP contribution in [0.5, 0.6) is 0 Å². The Labute approximate surface area is 183 Å². The predicted octanol–water partition coefficient (Wildman–Crippen LogP) is 2.56. The summed E-state index contributed by atoms with van der Waals surface area (Å²) in [4.78, 5) is 32.6. The van der Waals surface area contributed by atoms with Gasteiger partial charge in [0.2, 0.25) is 11.8 Å². The van der Waals surface area contributed by atoms with Gasteiger partial charge in [-0.15, -0.1) is 11.3 Å². The number of benzene rings is 2. The van der Waals surface area contributed by atoms with Gasteiger partial charge in [-0.05, 0) is 22.4 Å². The van der Waals surface area contributed by atoms with Gasteiger partial charge in [0.25, 0.3) is 0 Å². The molecule has 4 aromatic rings. The molecule has 2 amide bonds. The van der Waals surface area contributed by atoms with Crippen molar-refractivity contribution in [1.82, 2.24) is 24.9 Å². The maximum atomic E-state index is 12.6. The molecule has 1 saturated heterocycles. The van der Waals surface area contributed by atoms with Gasteiger partial charge in [0.05, 0.1) is 24.7 Å². The first-order valence-electron chi connectivity index (χ1n) is 10.3. The first-order valence-corrected chi connectivity index (χ1v) is 11.2. The van der Waals surface area contributed by atoms with Crippen LogP contribution in [0.15, 0.2) is 60.2 Å². The van der Waals surface area contributed by atoms with Crippen molar-refractivity contribution in [2.45, 2.75) is 25.6 Å². The fraction of sp³-hybridized carbons (Fsp3) is 0.261. The summed E-state index contributed by atoms with van der Waals surface area (Å²) < 4.78 is 1.94. The molecular formula is C23H23N5O2S. The second-order valence-corrected chi connectivity index (χ2v) is 8.64. The minimum absolute atomic E-state index is 0.0929. The van der Waals surface area contributed by atoms with E-state index in [1.54, 1.807) is 11.3 Å². The first-order chi connectivity index (χ1) is 15.2. The molecule has 1 fully saturated rings. The molecule has 2 aromatic heterocycles. The van der Waals surface area contributed by atoms with Gasteiger partial charge in [-0.25, -0.2) is 4.98 Å². The van der Waals surface area contributed by atoms with Crippen molar-refractivity contribution in [2.75, 3.05) is 13.1 Å². The Balaban J connectivity index is 1.24. The van der Waals surface area contributed by atoms with E-state index in [1.165, 1.54) is 10.8 Å². The van der Waals surface area contributed by atoms with Crippen molar-refractivity contribution in [3.8, 4) is 0 Å². The van der Waals surface area contributed by atoms with Crippen molar-refractivity contribution >= 4 is 38.9 Å². The van der Waals surface area contributed by atoms with Crippen molar-refractivity contribution in [3.05, 3.63) is 71.5 Å². The lowest BCUT2D eigenvalue weighted by molar-refractivity contribution is -0.134. The van der Waals surface area contributed by atoms with Crippen LogP contribution in [0.1, 0.15) is 17.7 Å². The van der Waals surface area contributed by atoms with Gasteiger partial charge in [0, 0.05) is 37.4 Å². The van der Waals surface area contributed by atoms with Crippen LogP contribution in [-0.4, -0.2) is 45.2 Å². The van der Waals surface area contributed by atoms with Gasteiger partial charge >= 0.3 is 0 Å². The molecule has 1 aliphatic rings. The highest BCUT2D eigenvalue weighted by Gasteiger charge is 2.31. The Bertz CT molecular complexity index is 1220. The average Bonchev–Trinajstić information content (AvgIpc) is 3.37. The van der Waals surface area contributed by atoms with Gasteiger partial charge in [-0.3, -0.25) is 18.9 Å². The van der Waals surface area contributed by atoms with Gasteiger partial charge in [0.15, 0.2) is 4.96 Å². The zero-order valence-corrected chi connectivity index (χ0v) is 17.8. The zero-order valence-electron chi connectivity index (χ0n) is 17.0. The van der Waals surface area contributed by atoms with Crippen LogP contribution in [0.3, 0.4) is 0 Å². The van der Waals surface area contributed by atoms with Gasteiger partial charge in [-0.2, -0.15) is 0 Å². The normalized spacial score (nSPS) is 17.2. The van der Waals surface area contributed by atoms with E-state index in [2.05, 4.69) is 50.8 Å². The molecule has 5 rings (SSSR count). The predicted molar refractivity (Wildman–Crippen MR) is 121 cm³/mol. The Hall–Kier alpha value is -3.23. The molecule has 0 saturated carbocycles. The molecule has 0 radical (unpaired) electrons. The summed E-state index contributed by atoms with van der Waals surface area (Å²) in [5.41, 5.74) is 1.94. The fourth-order valence-corrected chi connectivity index (χ4v) is 4.76. The number of aromatic nitrogens is 2. The number of rotatable bonds is 6. The third-order valence-corrected chi connectivity index (χ3v) is 6.40. The number of thiazole rings is 1. The highest BCUT2D eigenvalue weighted by atomic mass is 32.1. The lowest BCUT2D eigenvalue weighted by Crippen LogP contribution is -2.56. The summed E-state index contributed by atoms with van der Waals surface area (Å²) in [5, 5.41) is 10.1. The number of nitrogens with zero attached hydrogens (tertiary/aromatic N) is 3. The number of piperazine rings is 1. The topological polar surface area (TPSA) is 78.7 Å². The van der Waals surface area contributed by atoms with Crippen LogP contribution in [0.4, 0.5) is 0 Å². The van der Waals surface area contributed by atoms with Gasteiger partial charge in [-0.1, -0.05) is 36.4 Å². The lowest BCUT2D eigenvalue weighted by Gasteiger charge is -2.34. The van der Waals surface area contributed by atoms with Crippen molar-refractivity contribution in [3.63, 3.8) is 0 Å². The minimum atomic E-state index is -0.481. The van der Waals surface area contributed by atoms with E-state index in [0.717, 1.165) is 16.2 Å². The minimum Gasteiger partial charge on any atom is -0.353 e. The van der Waals surface area contributed by atoms with Gasteiger partial charge < -0.3 is 10.6 Å². The van der Waals surface area contributed by atoms with E-state index in [4.69, 9.17) is 0 Å². The molecule has 31 heavy (non-hydrogen) atoms. The molecule has 0 aliphatic carbocycles. The Morgan fingerprint density at radius 3 is 2.97 bits per heavy atom. The number of fused-ring (bicyclic) bond motifs is 2. The number of nitrogens with one attached hydrogen (secondary N) is 2. The average molecular weight is 434 g/mol. The third-order valence-electron chi connectivity index (χ3n) is 5.63. The summed E-state index contributed by atoms with van der Waals surface area (Å²) in [6.45, 7) is 2.30. The molecule has 1 unspecified atom stereocenters. The molecule has 158 valence electrons. The third kappa shape index (κ3) is 4.30. The van der Waals surface area contributed by atoms with Crippen molar-refractivity contribution < 1.29 is 9.59 Å². The number of hydrogen-bond donors (Lipinski definition) is 2. The molecular weight excluding hydrogens is 410 g/mol. The monoisotopic (exact) mass is 433 g/mol. The van der Waals surface area contributed by atoms with E-state index in [1.807, 2.05) is 34.3 Å². The Morgan fingerprint density at radius 2 is 2.10 bits per heavy atom. The second kappa shape index (κ2) is 8.49. The van der Waals surface area contributed by atoms with Crippen LogP contribution in [0, 0.1) is 0 Å². The summed E-state index contributed by atoms with van der Waals surface area (Å²) >= 11 is 1.55. The molecule has 0 bridgehead atoms. The number of amides is 2. The lowest BCUT2D eigenvalue weighted by atomic mass is 10.0. The quantitative estimate of drug-likeness (QED) is 0.490. The maximum absolute atomic E-state index is 12.6. The van der Waals surface area contributed by atoms with E-state index in [-0.39, 0.29) is 18.2 Å². The largest absolute Gasteiger partial charge is 0.353 e. The number of hydrogen-bond acceptors (Lipinski definition) is 5. The SMILES string of the molecule is O=C(CC1C(=O)NCCN1Cc1ccc2ccccc2c1)NCc1cn2ccsc2n1. The van der Waals surface area contributed by atoms with Crippen LogP contribution >= 0.6 is 11.3 Å². The summed E-state index contributed by atoms with van der Waals surface area (Å²) in [5.74, 6) is -0.244. The van der Waals surface area contributed by atoms with Gasteiger partial charge in [0.1, 0.15) is 0 Å². The van der Waals surface area contributed by atoms with Crippen molar-refractivity contribution in [1.29, 1.82) is 0 Å². The molecule has 7 nitrogen and oxygen atoms in total. The maximum Gasteiger partial charge on any atom is 0.237 e. The molecule has 1 atom stereocenters. The fourth-order valence-electron chi connectivity index (χ4n) is 4.04. The summed E-state index contributed by atoms with van der Waals surface area (Å²) in [6, 6.07) is 14.1. The highest BCUT2D eigenvalue weighted by Crippen LogP contribution is 2.19. The number of carbonyl (C=O) groups is 2. The molecule has 3 heterocycles. The summed E-state index contributed by atoms with van der Waals surface area (Å²) in [6.07, 6.45) is 3.97. The molecule has 0 spiro atoms. The van der Waals surface area contributed by atoms with Crippen LogP contribution in [0.2, 0.25) is 0 Å². The highest BCUT2D eigenvalue weighted by molar-refractivity contribution is 7.15. The van der Waals surface area contributed by atoms with E-state index in [9.17, 15) is 9.59 Å². The molecule has 8 heteroatoms. The number of imidazole rings is 1. The second-order valence-electron chi connectivity index (χ2n) is 7.76. The number of carbonyl (C=O) groups excluding carboxylic acids is 2. The van der Waals surface area contributed by atoms with Crippen LogP contribution in [-0.2, 0) is 22.7 Å². The standard InChI is InChI=1S/C23H23N5O2S/c29-21(25-13-19-15-28-9-10-31-23(28)26-19)12-20-22(30)24-7-8-27(20)14-16-5-6-17-3-1-2-4-18(17)11-16/h1-6,9-11,15,20H,7-8,12-14H2,(H,24,30)(H,25,29). The zero-order chi connectivity index (χ0) is 21.2. The summed E-state index contributed by atoms with van der Waals surface area (Å²) in [7, 11) is 0. The van der Waals surface area contributed by atoms with E-state index in [0.29, 0.717) is 26.2 Å². The van der Waals surface area contributed by atoms with E-state index >= 15 is 0 Å². The van der Waals surface area contributed by atoms with E-state index < -0.39 is 6.04 Å². The Morgan fingerprint density at radius 1 is 1.23 bits per heavy atom.